The van der Waals surface area contributed by atoms with E-state index in [9.17, 15) is 4.79 Å². The Labute approximate surface area is 145 Å². The van der Waals surface area contributed by atoms with Gasteiger partial charge >= 0.3 is 0 Å². The maximum atomic E-state index is 11.6. The van der Waals surface area contributed by atoms with Gasteiger partial charge in [-0.25, -0.2) is 0 Å². The van der Waals surface area contributed by atoms with Gasteiger partial charge in [0.05, 0.1) is 0 Å². The van der Waals surface area contributed by atoms with Crippen LogP contribution in [0, 0.1) is 6.92 Å². The smallest absolute Gasteiger partial charge is 0.251 e. The summed E-state index contributed by atoms with van der Waals surface area (Å²) in [6, 6.07) is 12.3. The highest BCUT2D eigenvalue weighted by atomic mass is 79.9. The average molecular weight is 373 g/mol. The predicted octanol–water partition coefficient (Wildman–Crippen LogP) is 3.68. The Morgan fingerprint density at radius 2 is 2.00 bits per heavy atom. The number of carbonyl (C=O) groups excluding carboxylic acids is 1. The van der Waals surface area contributed by atoms with Crippen LogP contribution in [0.15, 0.2) is 40.9 Å². The number of aryl methyl sites for hydroxylation is 1. The molecule has 120 valence electrons. The second-order valence-corrected chi connectivity index (χ2v) is 7.01. The van der Waals surface area contributed by atoms with Crippen LogP contribution in [0.4, 0.5) is 0 Å². The van der Waals surface area contributed by atoms with Crippen molar-refractivity contribution in [3.8, 4) is 0 Å². The number of nitrogens with zero attached hydrogens (tertiary/aromatic N) is 1. The fourth-order valence-electron chi connectivity index (χ4n) is 3.17. The summed E-state index contributed by atoms with van der Waals surface area (Å²) in [5.41, 5.74) is 6.23. The van der Waals surface area contributed by atoms with Crippen molar-refractivity contribution in [1.82, 2.24) is 10.2 Å². The van der Waals surface area contributed by atoms with Crippen molar-refractivity contribution >= 4 is 21.8 Å². The molecule has 0 aliphatic carbocycles. The predicted molar refractivity (Wildman–Crippen MR) is 96.5 cm³/mol. The molecule has 0 bridgehead atoms. The van der Waals surface area contributed by atoms with Crippen LogP contribution in [-0.2, 0) is 19.5 Å². The fourth-order valence-corrected chi connectivity index (χ4v) is 3.79. The quantitative estimate of drug-likeness (QED) is 0.891. The highest BCUT2D eigenvalue weighted by Gasteiger charge is 2.18. The summed E-state index contributed by atoms with van der Waals surface area (Å²) in [4.78, 5) is 14.1. The third-order valence-corrected chi connectivity index (χ3v) is 4.92. The monoisotopic (exact) mass is 372 g/mol. The van der Waals surface area contributed by atoms with Crippen molar-refractivity contribution in [3.05, 3.63) is 68.7 Å². The molecule has 2 aromatic carbocycles. The number of halogens is 1. The molecular weight excluding hydrogens is 352 g/mol. The SMILES string of the molecule is CNC(=O)c1ccc(CN2CCc3cc(Br)cc(C)c3C2)cc1. The number of hydrogen-bond donors (Lipinski definition) is 1. The molecule has 2 aromatic rings. The molecule has 0 fully saturated rings. The Balaban J connectivity index is 1.71. The first-order chi connectivity index (χ1) is 11.1. The van der Waals surface area contributed by atoms with Gasteiger partial charge in [-0.3, -0.25) is 9.69 Å². The second kappa shape index (κ2) is 6.85. The molecule has 1 heterocycles. The number of nitrogens with one attached hydrogen (secondary N) is 1. The molecule has 23 heavy (non-hydrogen) atoms. The molecule has 0 spiro atoms. The van der Waals surface area contributed by atoms with Crippen LogP contribution in [0.5, 0.6) is 0 Å². The first kappa shape index (κ1) is 16.2. The van der Waals surface area contributed by atoms with Gasteiger partial charge in [-0.1, -0.05) is 28.1 Å². The zero-order chi connectivity index (χ0) is 16.4. The molecule has 1 aliphatic heterocycles. The number of benzene rings is 2. The van der Waals surface area contributed by atoms with Crippen LogP contribution in [0.2, 0.25) is 0 Å². The van der Waals surface area contributed by atoms with Gasteiger partial charge in [-0.15, -0.1) is 0 Å². The van der Waals surface area contributed by atoms with E-state index in [1.807, 2.05) is 12.1 Å². The maximum absolute atomic E-state index is 11.6. The molecule has 1 N–H and O–H groups in total. The van der Waals surface area contributed by atoms with Crippen LogP contribution in [0.25, 0.3) is 0 Å². The topological polar surface area (TPSA) is 32.3 Å². The Morgan fingerprint density at radius 1 is 1.26 bits per heavy atom. The zero-order valence-corrected chi connectivity index (χ0v) is 15.1. The van der Waals surface area contributed by atoms with Crippen molar-refractivity contribution in [2.45, 2.75) is 26.4 Å². The zero-order valence-electron chi connectivity index (χ0n) is 13.5. The molecule has 0 radical (unpaired) electrons. The maximum Gasteiger partial charge on any atom is 0.251 e. The summed E-state index contributed by atoms with van der Waals surface area (Å²) < 4.78 is 1.17. The van der Waals surface area contributed by atoms with Gasteiger partial charge < -0.3 is 5.32 Å². The molecule has 1 aliphatic rings. The van der Waals surface area contributed by atoms with Crippen molar-refractivity contribution < 1.29 is 4.79 Å². The lowest BCUT2D eigenvalue weighted by Crippen LogP contribution is -2.30. The van der Waals surface area contributed by atoms with E-state index < -0.39 is 0 Å². The van der Waals surface area contributed by atoms with Crippen LogP contribution in [0.1, 0.15) is 32.6 Å². The summed E-state index contributed by atoms with van der Waals surface area (Å²) in [5.74, 6) is -0.0374. The standard InChI is InChI=1S/C19H21BrN2O/c1-13-9-17(20)10-16-7-8-22(12-18(13)16)11-14-3-5-15(6-4-14)19(23)21-2/h3-6,9-10H,7-8,11-12H2,1-2H3,(H,21,23). The number of amides is 1. The minimum atomic E-state index is -0.0374. The normalized spacial score (nSPS) is 14.4. The van der Waals surface area contributed by atoms with Crippen LogP contribution in [-0.4, -0.2) is 24.4 Å². The number of carbonyl (C=O) groups is 1. The summed E-state index contributed by atoms with van der Waals surface area (Å²) in [7, 11) is 1.65. The van der Waals surface area contributed by atoms with E-state index in [2.05, 4.69) is 57.3 Å². The molecule has 0 saturated heterocycles. The third-order valence-electron chi connectivity index (χ3n) is 4.46. The van der Waals surface area contributed by atoms with Gasteiger partial charge in [0.25, 0.3) is 5.91 Å². The molecule has 0 aromatic heterocycles. The van der Waals surface area contributed by atoms with E-state index in [-0.39, 0.29) is 5.91 Å². The lowest BCUT2D eigenvalue weighted by Gasteiger charge is -2.30. The van der Waals surface area contributed by atoms with Crippen LogP contribution >= 0.6 is 15.9 Å². The number of rotatable bonds is 3. The molecule has 1 amide bonds. The first-order valence-corrected chi connectivity index (χ1v) is 8.67. The minimum absolute atomic E-state index is 0.0374. The molecule has 4 heteroatoms. The van der Waals surface area contributed by atoms with E-state index in [1.54, 1.807) is 7.05 Å². The van der Waals surface area contributed by atoms with Gasteiger partial charge in [0.2, 0.25) is 0 Å². The van der Waals surface area contributed by atoms with E-state index >= 15 is 0 Å². The van der Waals surface area contributed by atoms with Gasteiger partial charge in [-0.2, -0.15) is 0 Å². The van der Waals surface area contributed by atoms with Gasteiger partial charge in [0.15, 0.2) is 0 Å². The fraction of sp³-hybridized carbons (Fsp3) is 0.316. The summed E-state index contributed by atoms with van der Waals surface area (Å²) in [6.07, 6.45) is 1.09. The van der Waals surface area contributed by atoms with Crippen molar-refractivity contribution in [1.29, 1.82) is 0 Å². The lowest BCUT2D eigenvalue weighted by atomic mass is 9.95. The highest BCUT2D eigenvalue weighted by Crippen LogP contribution is 2.27. The average Bonchev–Trinajstić information content (AvgIpc) is 2.55. The Bertz CT molecular complexity index is 725. The molecule has 3 nitrogen and oxygen atoms in total. The molecule has 0 unspecified atom stereocenters. The van der Waals surface area contributed by atoms with Crippen LogP contribution < -0.4 is 5.32 Å². The van der Waals surface area contributed by atoms with Crippen LogP contribution in [0.3, 0.4) is 0 Å². The van der Waals surface area contributed by atoms with E-state index in [1.165, 1.54) is 26.7 Å². The van der Waals surface area contributed by atoms with Gasteiger partial charge in [0.1, 0.15) is 0 Å². The van der Waals surface area contributed by atoms with Crippen molar-refractivity contribution in [3.63, 3.8) is 0 Å². The number of fused-ring (bicyclic) bond motifs is 1. The molecule has 3 rings (SSSR count). The molecule has 0 atom stereocenters. The second-order valence-electron chi connectivity index (χ2n) is 6.10. The van der Waals surface area contributed by atoms with Crippen molar-refractivity contribution in [2.75, 3.05) is 13.6 Å². The highest BCUT2D eigenvalue weighted by molar-refractivity contribution is 9.10. The summed E-state index contributed by atoms with van der Waals surface area (Å²) in [6.45, 7) is 5.17. The molecular formula is C19H21BrN2O. The minimum Gasteiger partial charge on any atom is -0.355 e. The van der Waals surface area contributed by atoms with Gasteiger partial charge in [0, 0.05) is 36.7 Å². The molecule has 0 saturated carbocycles. The first-order valence-electron chi connectivity index (χ1n) is 7.88. The van der Waals surface area contributed by atoms with Crippen molar-refractivity contribution in [2.24, 2.45) is 0 Å². The van der Waals surface area contributed by atoms with E-state index in [4.69, 9.17) is 0 Å². The van der Waals surface area contributed by atoms with E-state index in [0.29, 0.717) is 5.56 Å². The van der Waals surface area contributed by atoms with Gasteiger partial charge in [-0.05, 0) is 59.9 Å². The Kier molecular flexibility index (Phi) is 4.83. The summed E-state index contributed by atoms with van der Waals surface area (Å²) >= 11 is 3.59. The lowest BCUT2D eigenvalue weighted by molar-refractivity contribution is 0.0963. The third kappa shape index (κ3) is 3.65. The van der Waals surface area contributed by atoms with E-state index in [0.717, 1.165) is 26.1 Å². The number of hydrogen-bond acceptors (Lipinski definition) is 2. The largest absolute Gasteiger partial charge is 0.355 e. The Morgan fingerprint density at radius 3 is 2.70 bits per heavy atom. The Hall–Kier alpha value is -1.65. The summed E-state index contributed by atoms with van der Waals surface area (Å²) in [5, 5.41) is 2.65.